The van der Waals surface area contributed by atoms with Crippen LogP contribution in [0, 0.1) is 0 Å². The van der Waals surface area contributed by atoms with Crippen LogP contribution in [-0.2, 0) is 27.9 Å². The monoisotopic (exact) mass is 513 g/mol. The van der Waals surface area contributed by atoms with E-state index in [0.717, 1.165) is 11.1 Å². The minimum Gasteiger partial charge on any atom is -0.482 e. The number of hydrogen-bond donors (Lipinski definition) is 1. The second-order valence-electron chi connectivity index (χ2n) is 7.54. The molecule has 0 bridgehead atoms. The second kappa shape index (κ2) is 12.7. The molecule has 0 saturated carbocycles. The van der Waals surface area contributed by atoms with Gasteiger partial charge in [-0.3, -0.25) is 0 Å². The largest absolute Gasteiger partial charge is 0.482 e. The van der Waals surface area contributed by atoms with E-state index in [1.54, 1.807) is 54.9 Å². The minimum absolute atomic E-state index is 0. The Morgan fingerprint density at radius 3 is 2.19 bits per heavy atom. The molecule has 2 aromatic carbocycles. The molecule has 0 aliphatic heterocycles. The van der Waals surface area contributed by atoms with Crippen LogP contribution in [-0.4, -0.2) is 74.9 Å². The molecule has 179 valence electrons. The van der Waals surface area contributed by atoms with E-state index >= 15 is 0 Å². The molecule has 0 unspecified atom stereocenters. The van der Waals surface area contributed by atoms with Gasteiger partial charge in [-0.1, -0.05) is 42.5 Å². The molecule has 0 fully saturated rings. The van der Waals surface area contributed by atoms with Crippen LogP contribution < -0.4 is 4.74 Å². The summed E-state index contributed by atoms with van der Waals surface area (Å²) in [7, 11) is -3.94. The van der Waals surface area contributed by atoms with E-state index in [4.69, 9.17) is 9.84 Å². The number of carboxylic acid groups (broad SMARTS) is 1. The van der Waals surface area contributed by atoms with Gasteiger partial charge in [-0.2, -0.15) is 4.31 Å². The molecular formula is C25H22N4NaO5S. The zero-order valence-electron chi connectivity index (χ0n) is 19.6. The zero-order valence-corrected chi connectivity index (χ0v) is 22.4. The molecule has 2 heterocycles. The topological polar surface area (TPSA) is 123 Å². The molecule has 2 aromatic heterocycles. The van der Waals surface area contributed by atoms with Gasteiger partial charge in [-0.05, 0) is 41.5 Å². The quantitative estimate of drug-likeness (QED) is 0.321. The van der Waals surface area contributed by atoms with Gasteiger partial charge in [0.15, 0.2) is 17.5 Å². The Morgan fingerprint density at radius 2 is 1.53 bits per heavy atom. The molecule has 36 heavy (non-hydrogen) atoms. The number of aromatic nitrogens is 3. The van der Waals surface area contributed by atoms with E-state index in [1.165, 1.54) is 16.6 Å². The first-order valence-corrected chi connectivity index (χ1v) is 12.1. The van der Waals surface area contributed by atoms with Gasteiger partial charge in [-0.15, -0.1) is 0 Å². The summed E-state index contributed by atoms with van der Waals surface area (Å²) >= 11 is 0. The smallest absolute Gasteiger partial charge is 0.341 e. The van der Waals surface area contributed by atoms with Gasteiger partial charge in [0.2, 0.25) is 0 Å². The van der Waals surface area contributed by atoms with E-state index in [0.29, 0.717) is 17.1 Å². The molecule has 4 rings (SSSR count). The third-order valence-electron chi connectivity index (χ3n) is 5.00. The van der Waals surface area contributed by atoms with Crippen molar-refractivity contribution in [3.63, 3.8) is 0 Å². The van der Waals surface area contributed by atoms with Gasteiger partial charge in [-0.25, -0.2) is 28.2 Å². The predicted molar refractivity (Wildman–Crippen MR) is 133 cm³/mol. The summed E-state index contributed by atoms with van der Waals surface area (Å²) in [6, 6.07) is 20.5. The number of hydrogen-bond acceptors (Lipinski definition) is 7. The number of ether oxygens (including phenoxy) is 1. The van der Waals surface area contributed by atoms with E-state index in [-0.39, 0.29) is 47.7 Å². The molecule has 0 aliphatic rings. The van der Waals surface area contributed by atoms with Crippen LogP contribution >= 0.6 is 0 Å². The van der Waals surface area contributed by atoms with Crippen molar-refractivity contribution in [2.45, 2.75) is 18.1 Å². The fraction of sp³-hybridized carbons (Fsp3) is 0.120. The van der Waals surface area contributed by atoms with Crippen molar-refractivity contribution < 1.29 is 23.1 Å². The second-order valence-corrected chi connectivity index (χ2v) is 9.43. The van der Waals surface area contributed by atoms with Crippen molar-refractivity contribution in [3.05, 3.63) is 103 Å². The van der Waals surface area contributed by atoms with Crippen molar-refractivity contribution in [2.75, 3.05) is 6.61 Å². The number of pyridine rings is 1. The van der Waals surface area contributed by atoms with E-state index in [1.807, 2.05) is 24.3 Å². The van der Waals surface area contributed by atoms with Crippen LogP contribution in [0.3, 0.4) is 0 Å². The predicted octanol–water partition coefficient (Wildman–Crippen LogP) is 3.01. The first-order chi connectivity index (χ1) is 16.9. The maximum atomic E-state index is 13.5. The van der Waals surface area contributed by atoms with Gasteiger partial charge < -0.3 is 9.84 Å². The number of sulfonamides is 1. The van der Waals surface area contributed by atoms with Crippen molar-refractivity contribution >= 4 is 45.5 Å². The molecule has 9 nitrogen and oxygen atoms in total. The fourth-order valence-electron chi connectivity index (χ4n) is 3.35. The third kappa shape index (κ3) is 7.19. The van der Waals surface area contributed by atoms with Gasteiger partial charge in [0.05, 0.1) is 0 Å². The number of rotatable bonds is 10. The van der Waals surface area contributed by atoms with Crippen LogP contribution in [0.15, 0.2) is 96.4 Å². The first-order valence-electron chi connectivity index (χ1n) is 10.6. The van der Waals surface area contributed by atoms with Crippen molar-refractivity contribution in [1.82, 2.24) is 19.3 Å². The van der Waals surface area contributed by atoms with Crippen molar-refractivity contribution in [3.8, 4) is 17.1 Å². The summed E-state index contributed by atoms with van der Waals surface area (Å²) in [6.07, 6.45) is 4.75. The average Bonchev–Trinajstić information content (AvgIpc) is 2.89. The van der Waals surface area contributed by atoms with Crippen molar-refractivity contribution in [2.24, 2.45) is 0 Å². The van der Waals surface area contributed by atoms with E-state index in [9.17, 15) is 13.2 Å². The molecule has 0 spiro atoms. The molecule has 4 aromatic rings. The minimum atomic E-state index is -3.94. The summed E-state index contributed by atoms with van der Waals surface area (Å²) in [5.74, 6) is -0.179. The molecular weight excluding hydrogens is 491 g/mol. The standard InChI is InChI=1S/C25H22N4O5S.Na/c30-24(31)18-34-22-6-3-5-20(15-22)17-29(35(32,33)23-7-1-2-12-26-23)16-19-8-10-21(11-9-19)25-27-13-4-14-28-25;/h1-15H,16-18H2,(H,30,31);. The maximum Gasteiger partial charge on any atom is 0.341 e. The van der Waals surface area contributed by atoms with Gasteiger partial charge in [0.25, 0.3) is 10.0 Å². The van der Waals surface area contributed by atoms with Crippen LogP contribution in [0.2, 0.25) is 0 Å². The van der Waals surface area contributed by atoms with Crippen molar-refractivity contribution in [1.29, 1.82) is 0 Å². The number of carboxylic acids is 1. The number of nitrogens with zero attached hydrogens (tertiary/aromatic N) is 4. The third-order valence-corrected chi connectivity index (χ3v) is 6.71. The van der Waals surface area contributed by atoms with Gasteiger partial charge >= 0.3 is 5.97 Å². The summed E-state index contributed by atoms with van der Waals surface area (Å²) < 4.78 is 33.5. The SMILES string of the molecule is O=C(O)COc1cccc(CN(Cc2ccc(-c3ncccn3)cc2)S(=O)(=O)c2ccccn2)c1.[Na]. The molecule has 11 heteroatoms. The van der Waals surface area contributed by atoms with Crippen LogP contribution in [0.1, 0.15) is 11.1 Å². The van der Waals surface area contributed by atoms with E-state index < -0.39 is 22.6 Å². The molecule has 1 radical (unpaired) electrons. The molecule has 1 N–H and O–H groups in total. The molecule has 0 amide bonds. The summed E-state index contributed by atoms with van der Waals surface area (Å²) in [5.41, 5.74) is 2.22. The average molecular weight is 514 g/mol. The normalized spacial score (nSPS) is 11.0. The summed E-state index contributed by atoms with van der Waals surface area (Å²) in [6.45, 7) is -0.362. The number of carbonyl (C=O) groups is 1. The Kier molecular flexibility index (Phi) is 9.68. The van der Waals surface area contributed by atoms with Gasteiger partial charge in [0.1, 0.15) is 5.75 Å². The summed E-state index contributed by atoms with van der Waals surface area (Å²) in [5, 5.41) is 8.79. The van der Waals surface area contributed by atoms with Crippen LogP contribution in [0.4, 0.5) is 0 Å². The van der Waals surface area contributed by atoms with Crippen LogP contribution in [0.5, 0.6) is 5.75 Å². The van der Waals surface area contributed by atoms with E-state index in [2.05, 4.69) is 15.0 Å². The maximum absolute atomic E-state index is 13.5. The Morgan fingerprint density at radius 1 is 0.833 bits per heavy atom. The number of benzene rings is 2. The number of aliphatic carboxylic acids is 1. The fourth-order valence-corrected chi connectivity index (χ4v) is 4.70. The van der Waals surface area contributed by atoms with Gasteiger partial charge in [0, 0.05) is 66.8 Å². The zero-order chi connectivity index (χ0) is 24.7. The summed E-state index contributed by atoms with van der Waals surface area (Å²) in [4.78, 5) is 23.3. The Balaban J connectivity index is 0.00000361. The Bertz CT molecular complexity index is 1390. The first kappa shape index (κ1) is 27.4. The Hall–Kier alpha value is -3.15. The molecule has 0 saturated heterocycles. The Labute approximate surface area is 231 Å². The molecule has 0 aliphatic carbocycles. The van der Waals surface area contributed by atoms with Crippen LogP contribution in [0.25, 0.3) is 11.4 Å². The molecule has 0 atom stereocenters.